The second kappa shape index (κ2) is 7.04. The zero-order valence-corrected chi connectivity index (χ0v) is 9.95. The molecule has 0 aliphatic heterocycles. The monoisotopic (exact) mass is 220 g/mol. The van der Waals surface area contributed by atoms with Gasteiger partial charge in [0.1, 0.15) is 0 Å². The van der Waals surface area contributed by atoms with Gasteiger partial charge in [0, 0.05) is 0 Å². The van der Waals surface area contributed by atoms with Crippen molar-refractivity contribution in [2.24, 2.45) is 5.92 Å². The molecule has 0 N–H and O–H groups in total. The fraction of sp³-hybridized carbons (Fsp3) is 0.500. The molecule has 2 heteroatoms. The number of ether oxygens (including phenoxy) is 1. The normalized spacial score (nSPS) is 18.7. The lowest BCUT2D eigenvalue weighted by Crippen LogP contribution is -2.18. The van der Waals surface area contributed by atoms with Crippen LogP contribution in [0.2, 0.25) is 0 Å². The fourth-order valence-electron chi connectivity index (χ4n) is 1.80. The van der Waals surface area contributed by atoms with E-state index >= 15 is 0 Å². The van der Waals surface area contributed by atoms with E-state index in [0.717, 1.165) is 31.3 Å². The van der Waals surface area contributed by atoms with Gasteiger partial charge in [0.05, 0.1) is 12.2 Å². The molecule has 0 aromatic rings. The van der Waals surface area contributed by atoms with Crippen LogP contribution < -0.4 is 0 Å². The van der Waals surface area contributed by atoms with Crippen molar-refractivity contribution in [1.29, 1.82) is 0 Å². The van der Waals surface area contributed by atoms with Gasteiger partial charge >= 0.3 is 5.97 Å². The summed E-state index contributed by atoms with van der Waals surface area (Å²) in [5.74, 6) is 0.0310. The fourth-order valence-corrected chi connectivity index (χ4v) is 1.80. The number of rotatable bonds is 4. The van der Waals surface area contributed by atoms with Crippen LogP contribution in [0.1, 0.15) is 39.0 Å². The largest absolute Gasteiger partial charge is 0.434 e. The lowest BCUT2D eigenvalue weighted by atomic mass is 9.89. The van der Waals surface area contributed by atoms with Gasteiger partial charge in [-0.15, -0.1) is 0 Å². The molecule has 1 rings (SSSR count). The summed E-state index contributed by atoms with van der Waals surface area (Å²) in [6, 6.07) is 0. The summed E-state index contributed by atoms with van der Waals surface area (Å²) < 4.78 is 5.08. The number of carbonyl (C=O) groups excluding carboxylic acids is 1. The Morgan fingerprint density at radius 2 is 2.00 bits per heavy atom. The van der Waals surface area contributed by atoms with Crippen molar-refractivity contribution >= 4 is 5.97 Å². The Bertz CT molecular complexity index is 294. The molecule has 1 fully saturated rings. The Morgan fingerprint density at radius 3 is 2.62 bits per heavy atom. The van der Waals surface area contributed by atoms with E-state index in [9.17, 15) is 4.79 Å². The van der Waals surface area contributed by atoms with E-state index in [1.807, 2.05) is 13.0 Å². The van der Waals surface area contributed by atoms with E-state index in [4.69, 9.17) is 4.74 Å². The minimum Gasteiger partial charge on any atom is -0.434 e. The molecule has 0 aromatic heterocycles. The van der Waals surface area contributed by atoms with Gasteiger partial charge < -0.3 is 4.74 Å². The average Bonchev–Trinajstić information content (AvgIpc) is 2.35. The molecule has 0 atom stereocenters. The molecule has 0 spiro atoms. The Hall–Kier alpha value is -1.31. The second-order valence-electron chi connectivity index (χ2n) is 4.22. The van der Waals surface area contributed by atoms with Gasteiger partial charge in [-0.2, -0.15) is 0 Å². The summed E-state index contributed by atoms with van der Waals surface area (Å²) in [5.41, 5.74) is 1.05. The van der Waals surface area contributed by atoms with Crippen LogP contribution in [0.25, 0.3) is 0 Å². The van der Waals surface area contributed by atoms with Gasteiger partial charge in [0.25, 0.3) is 0 Å². The molecular weight excluding hydrogens is 200 g/mol. The minimum absolute atomic E-state index is 0.0828. The highest BCUT2D eigenvalue weighted by Gasteiger charge is 2.21. The second-order valence-corrected chi connectivity index (χ2v) is 4.22. The summed E-state index contributed by atoms with van der Waals surface area (Å²) in [7, 11) is 0. The summed E-state index contributed by atoms with van der Waals surface area (Å²) in [6.07, 6.45) is 12.3. The molecule has 2 nitrogen and oxygen atoms in total. The van der Waals surface area contributed by atoms with E-state index in [0.29, 0.717) is 0 Å². The van der Waals surface area contributed by atoms with Gasteiger partial charge in [-0.1, -0.05) is 43.6 Å². The smallest absolute Gasteiger partial charge is 0.313 e. The molecule has 1 aliphatic carbocycles. The molecule has 0 radical (unpaired) electrons. The molecule has 0 unspecified atom stereocenters. The van der Waals surface area contributed by atoms with E-state index in [1.165, 1.54) is 12.7 Å². The molecule has 16 heavy (non-hydrogen) atoms. The van der Waals surface area contributed by atoms with Gasteiger partial charge in [-0.25, -0.2) is 0 Å². The van der Waals surface area contributed by atoms with E-state index < -0.39 is 0 Å². The Labute approximate surface area is 97.7 Å². The number of hydrogen-bond donors (Lipinski definition) is 0. The van der Waals surface area contributed by atoms with Gasteiger partial charge in [0.2, 0.25) is 0 Å². The highest BCUT2D eigenvalue weighted by molar-refractivity contribution is 5.73. The molecule has 0 amide bonds. The van der Waals surface area contributed by atoms with Crippen LogP contribution in [0.3, 0.4) is 0 Å². The number of esters is 1. The first kappa shape index (κ1) is 12.8. The maximum absolute atomic E-state index is 11.6. The average molecular weight is 220 g/mol. The van der Waals surface area contributed by atoms with Crippen LogP contribution in [0.4, 0.5) is 0 Å². The van der Waals surface area contributed by atoms with Crippen LogP contribution in [-0.4, -0.2) is 5.97 Å². The SMILES string of the molecule is C=C/C(C)=C\C=C/OC(=O)C1CCCCC1. The molecule has 0 aromatic carbocycles. The predicted molar refractivity (Wildman–Crippen MR) is 65.8 cm³/mol. The van der Waals surface area contributed by atoms with Gasteiger partial charge in [-0.3, -0.25) is 4.79 Å². The number of hydrogen-bond acceptors (Lipinski definition) is 2. The van der Waals surface area contributed by atoms with Crippen LogP contribution in [0, 0.1) is 5.92 Å². The van der Waals surface area contributed by atoms with Crippen molar-refractivity contribution in [3.63, 3.8) is 0 Å². The molecule has 0 heterocycles. The van der Waals surface area contributed by atoms with Crippen molar-refractivity contribution in [3.05, 3.63) is 36.6 Å². The Kier molecular flexibility index (Phi) is 5.62. The third-order valence-electron chi connectivity index (χ3n) is 2.88. The zero-order chi connectivity index (χ0) is 11.8. The van der Waals surface area contributed by atoms with Crippen molar-refractivity contribution in [1.82, 2.24) is 0 Å². The standard InChI is InChI=1S/C14H20O2/c1-3-12(2)8-7-11-16-14(15)13-9-5-4-6-10-13/h3,7-8,11,13H,1,4-6,9-10H2,2H3/b11-7-,12-8-. The molecular formula is C14H20O2. The Morgan fingerprint density at radius 1 is 1.31 bits per heavy atom. The summed E-state index contributed by atoms with van der Waals surface area (Å²) in [4.78, 5) is 11.6. The zero-order valence-electron chi connectivity index (χ0n) is 9.95. The van der Waals surface area contributed by atoms with Crippen LogP contribution in [0.5, 0.6) is 0 Å². The highest BCUT2D eigenvalue weighted by atomic mass is 16.5. The molecule has 88 valence electrons. The van der Waals surface area contributed by atoms with Crippen LogP contribution in [0.15, 0.2) is 36.6 Å². The number of allylic oxidation sites excluding steroid dienone is 4. The quantitative estimate of drug-likeness (QED) is 0.409. The maximum atomic E-state index is 11.6. The third-order valence-corrected chi connectivity index (χ3v) is 2.88. The third kappa shape index (κ3) is 4.47. The molecule has 1 saturated carbocycles. The van der Waals surface area contributed by atoms with E-state index in [1.54, 1.807) is 12.2 Å². The summed E-state index contributed by atoms with van der Waals surface area (Å²) in [5, 5.41) is 0. The lowest BCUT2D eigenvalue weighted by molar-refractivity contribution is -0.143. The molecule has 0 saturated heterocycles. The topological polar surface area (TPSA) is 26.3 Å². The first-order valence-corrected chi connectivity index (χ1v) is 5.90. The number of carbonyl (C=O) groups is 1. The summed E-state index contributed by atoms with van der Waals surface area (Å²) >= 11 is 0. The summed E-state index contributed by atoms with van der Waals surface area (Å²) in [6.45, 7) is 5.58. The van der Waals surface area contributed by atoms with Crippen molar-refractivity contribution < 1.29 is 9.53 Å². The van der Waals surface area contributed by atoms with Crippen molar-refractivity contribution in [2.75, 3.05) is 0 Å². The minimum atomic E-state index is -0.0828. The van der Waals surface area contributed by atoms with Crippen LogP contribution >= 0.6 is 0 Å². The molecule has 1 aliphatic rings. The van der Waals surface area contributed by atoms with Gasteiger partial charge in [0.15, 0.2) is 0 Å². The lowest BCUT2D eigenvalue weighted by Gasteiger charge is -2.18. The van der Waals surface area contributed by atoms with E-state index in [2.05, 4.69) is 6.58 Å². The molecule has 0 bridgehead atoms. The highest BCUT2D eigenvalue weighted by Crippen LogP contribution is 2.24. The van der Waals surface area contributed by atoms with Crippen molar-refractivity contribution in [2.45, 2.75) is 39.0 Å². The van der Waals surface area contributed by atoms with Crippen LogP contribution in [-0.2, 0) is 9.53 Å². The Balaban J connectivity index is 2.31. The van der Waals surface area contributed by atoms with Gasteiger partial charge in [-0.05, 0) is 25.8 Å². The first-order chi connectivity index (χ1) is 7.74. The first-order valence-electron chi connectivity index (χ1n) is 5.90. The maximum Gasteiger partial charge on any atom is 0.313 e. The predicted octanol–water partition coefficient (Wildman–Crippen LogP) is 3.76. The van der Waals surface area contributed by atoms with E-state index in [-0.39, 0.29) is 11.9 Å². The van der Waals surface area contributed by atoms with Crippen molar-refractivity contribution in [3.8, 4) is 0 Å².